The van der Waals surface area contributed by atoms with Crippen LogP contribution in [0.4, 0.5) is 5.69 Å². The summed E-state index contributed by atoms with van der Waals surface area (Å²) in [4.78, 5) is 18.5. The van der Waals surface area contributed by atoms with Gasteiger partial charge in [0.2, 0.25) is 0 Å². The fraction of sp³-hybridized carbons (Fsp3) is 0.250. The van der Waals surface area contributed by atoms with Crippen molar-refractivity contribution in [1.82, 2.24) is 9.88 Å². The summed E-state index contributed by atoms with van der Waals surface area (Å²) in [7, 11) is -2.42. The minimum absolute atomic E-state index is 0.0111. The molecule has 35 heavy (non-hydrogen) atoms. The molecule has 1 aliphatic heterocycles. The molecule has 4 N–H and O–H groups in total. The van der Waals surface area contributed by atoms with Crippen LogP contribution in [-0.4, -0.2) is 36.7 Å². The van der Waals surface area contributed by atoms with E-state index in [1.54, 1.807) is 44.1 Å². The van der Waals surface area contributed by atoms with Gasteiger partial charge in [-0.1, -0.05) is 17.7 Å². The van der Waals surface area contributed by atoms with Crippen molar-refractivity contribution in [2.24, 2.45) is 5.14 Å². The number of nitrogens with two attached hydrogens (primary N) is 1. The number of primary sulfonamides is 1. The lowest BCUT2D eigenvalue weighted by molar-refractivity contribution is 0.0867. The fourth-order valence-corrected chi connectivity index (χ4v) is 4.91. The Kier molecular flexibility index (Phi) is 6.50. The maximum Gasteiger partial charge on any atom is 0.257 e. The molecule has 3 aromatic rings. The van der Waals surface area contributed by atoms with Crippen LogP contribution in [0.15, 0.2) is 62.4 Å². The maximum atomic E-state index is 13.1. The summed E-state index contributed by atoms with van der Waals surface area (Å²) in [5.74, 6) is 0.344. The van der Waals surface area contributed by atoms with Crippen LogP contribution < -0.4 is 15.9 Å². The number of fused-ring (bicyclic) bond motifs is 1. The predicted molar refractivity (Wildman–Crippen MR) is 135 cm³/mol. The topological polar surface area (TPSA) is 139 Å². The number of aliphatic hydroxyl groups excluding tert-OH is 1. The van der Waals surface area contributed by atoms with Crippen LogP contribution in [0.2, 0.25) is 5.15 Å². The molecule has 2 atom stereocenters. The van der Waals surface area contributed by atoms with Gasteiger partial charge >= 0.3 is 0 Å². The van der Waals surface area contributed by atoms with Gasteiger partial charge in [0.25, 0.3) is 10.0 Å². The molecule has 9 nitrogen and oxygen atoms in total. The smallest absolute Gasteiger partial charge is 0.257 e. The molecule has 0 amide bonds. The van der Waals surface area contributed by atoms with E-state index in [9.17, 15) is 18.3 Å². The molecule has 0 spiro atoms. The van der Waals surface area contributed by atoms with Crippen molar-refractivity contribution in [3.8, 4) is 0 Å². The van der Waals surface area contributed by atoms with E-state index in [-0.39, 0.29) is 21.3 Å². The lowest BCUT2D eigenvalue weighted by Gasteiger charge is -2.27. The van der Waals surface area contributed by atoms with E-state index in [0.29, 0.717) is 33.4 Å². The van der Waals surface area contributed by atoms with Gasteiger partial charge in [0.1, 0.15) is 22.7 Å². The third-order valence-electron chi connectivity index (χ3n) is 5.74. The Bertz CT molecular complexity index is 1560. The van der Waals surface area contributed by atoms with Gasteiger partial charge in [-0.25, -0.2) is 18.5 Å². The second-order valence-corrected chi connectivity index (χ2v) is 10.5. The molecule has 0 bridgehead atoms. The Labute approximate surface area is 207 Å². The average molecular weight is 517 g/mol. The first-order valence-electron chi connectivity index (χ1n) is 10.7. The van der Waals surface area contributed by atoms with Gasteiger partial charge in [0.15, 0.2) is 10.5 Å². The highest BCUT2D eigenvalue weighted by Gasteiger charge is 2.23. The summed E-state index contributed by atoms with van der Waals surface area (Å²) in [6, 6.07) is 7.46. The first-order chi connectivity index (χ1) is 16.3. The summed E-state index contributed by atoms with van der Waals surface area (Å²) < 4.78 is 30.3. The standard InChI is InChI=1S/C24H25ClN4O5S/c1-12-7-16(14(3)27-18-5-6-21(25)28-23(18)35(26,32)33)22-17(8-12)19(30)10-20(34-22)15-9-13(2)24(31)29(4)11-15/h5-11,14,24,27,31H,1-4H3,(H2,26,32,33)/t14-,24?/m1/s1. The molecule has 0 saturated carbocycles. The molecular weight excluding hydrogens is 492 g/mol. The van der Waals surface area contributed by atoms with Crippen LogP contribution >= 0.6 is 11.6 Å². The number of aromatic nitrogens is 1. The third-order valence-corrected chi connectivity index (χ3v) is 6.80. The van der Waals surface area contributed by atoms with E-state index in [2.05, 4.69) is 10.3 Å². The van der Waals surface area contributed by atoms with Crippen LogP contribution in [0, 0.1) is 6.92 Å². The van der Waals surface area contributed by atoms with Gasteiger partial charge in [-0.05, 0) is 56.2 Å². The van der Waals surface area contributed by atoms with Gasteiger partial charge in [0.05, 0.1) is 17.1 Å². The maximum absolute atomic E-state index is 13.1. The zero-order valence-electron chi connectivity index (χ0n) is 19.5. The highest BCUT2D eigenvalue weighted by atomic mass is 35.5. The number of benzene rings is 1. The van der Waals surface area contributed by atoms with Gasteiger partial charge in [0, 0.05) is 30.5 Å². The number of allylic oxidation sites excluding steroid dienone is 2. The van der Waals surface area contributed by atoms with Crippen molar-refractivity contribution in [2.75, 3.05) is 12.4 Å². The molecule has 0 saturated heterocycles. The molecule has 0 radical (unpaired) electrons. The highest BCUT2D eigenvalue weighted by Crippen LogP contribution is 2.32. The number of rotatable bonds is 5. The zero-order chi connectivity index (χ0) is 25.7. The molecular formula is C24H25ClN4O5S. The van der Waals surface area contributed by atoms with Gasteiger partial charge in [-0.2, -0.15) is 0 Å². The minimum Gasteiger partial charge on any atom is -0.455 e. The van der Waals surface area contributed by atoms with Crippen molar-refractivity contribution in [3.05, 3.63) is 80.4 Å². The largest absolute Gasteiger partial charge is 0.455 e. The van der Waals surface area contributed by atoms with Crippen LogP contribution in [0.1, 0.15) is 36.8 Å². The number of sulfonamides is 1. The second kappa shape index (κ2) is 9.12. The van der Waals surface area contributed by atoms with Crippen molar-refractivity contribution in [1.29, 1.82) is 0 Å². The van der Waals surface area contributed by atoms with Crippen LogP contribution in [-0.2, 0) is 10.0 Å². The number of halogens is 1. The number of likely N-dealkylation sites (N-methyl/N-ethyl adjacent to an activating group) is 1. The molecule has 4 rings (SSSR count). The quantitative estimate of drug-likeness (QED) is 0.438. The molecule has 1 aromatic carbocycles. The van der Waals surface area contributed by atoms with Gasteiger partial charge in [-0.3, -0.25) is 4.79 Å². The van der Waals surface area contributed by atoms with Crippen LogP contribution in [0.5, 0.6) is 0 Å². The van der Waals surface area contributed by atoms with Crippen molar-refractivity contribution in [2.45, 2.75) is 38.1 Å². The van der Waals surface area contributed by atoms with Crippen molar-refractivity contribution in [3.63, 3.8) is 0 Å². The van der Waals surface area contributed by atoms with Crippen molar-refractivity contribution < 1.29 is 17.9 Å². The SMILES string of the molecule is CC1=CC(c2cc(=O)c3cc(C)cc([C@@H](C)Nc4ccc(Cl)nc4S(N)(=O)=O)c3o2)=CN(C)C1O. The Hall–Kier alpha value is -3.18. The number of nitrogens with zero attached hydrogens (tertiary/aromatic N) is 2. The summed E-state index contributed by atoms with van der Waals surface area (Å²) in [6.07, 6.45) is 2.71. The fourth-order valence-electron chi connectivity index (χ4n) is 4.06. The zero-order valence-corrected chi connectivity index (χ0v) is 21.1. The Morgan fingerprint density at radius 1 is 1.26 bits per heavy atom. The monoisotopic (exact) mass is 516 g/mol. The number of aliphatic hydroxyl groups is 1. The van der Waals surface area contributed by atoms with E-state index < -0.39 is 22.3 Å². The van der Waals surface area contributed by atoms with E-state index in [1.165, 1.54) is 18.2 Å². The molecule has 3 heterocycles. The van der Waals surface area contributed by atoms with E-state index >= 15 is 0 Å². The van der Waals surface area contributed by atoms with E-state index in [4.69, 9.17) is 21.2 Å². The highest BCUT2D eigenvalue weighted by molar-refractivity contribution is 7.89. The molecule has 1 unspecified atom stereocenters. The molecule has 1 aliphatic rings. The lowest BCUT2D eigenvalue weighted by Crippen LogP contribution is -2.30. The summed E-state index contributed by atoms with van der Waals surface area (Å²) in [6.45, 7) is 5.45. The minimum atomic E-state index is -4.15. The first kappa shape index (κ1) is 24.9. The van der Waals surface area contributed by atoms with Crippen molar-refractivity contribution >= 4 is 43.9 Å². The Morgan fingerprint density at radius 2 is 1.97 bits per heavy atom. The third kappa shape index (κ3) is 4.96. The van der Waals surface area contributed by atoms with Gasteiger partial charge < -0.3 is 19.7 Å². The molecule has 184 valence electrons. The molecule has 0 fully saturated rings. The Morgan fingerprint density at radius 3 is 2.63 bits per heavy atom. The number of nitrogens with one attached hydrogen (secondary N) is 1. The Balaban J connectivity index is 1.85. The first-order valence-corrected chi connectivity index (χ1v) is 12.6. The van der Waals surface area contributed by atoms with Crippen LogP contribution in [0.25, 0.3) is 16.5 Å². The molecule has 11 heteroatoms. The number of pyridine rings is 1. The number of hydrogen-bond acceptors (Lipinski definition) is 8. The van der Waals surface area contributed by atoms with Crippen LogP contribution in [0.3, 0.4) is 0 Å². The number of hydrogen-bond donors (Lipinski definition) is 3. The second-order valence-electron chi connectivity index (χ2n) is 8.62. The normalized spacial score (nSPS) is 17.2. The molecule has 0 aliphatic carbocycles. The summed E-state index contributed by atoms with van der Waals surface area (Å²) in [5, 5.41) is 18.6. The van der Waals surface area contributed by atoms with E-state index in [1.807, 2.05) is 13.0 Å². The summed E-state index contributed by atoms with van der Waals surface area (Å²) >= 11 is 5.88. The van der Waals surface area contributed by atoms with E-state index in [0.717, 1.165) is 5.56 Å². The lowest BCUT2D eigenvalue weighted by atomic mass is 10.00. The predicted octanol–water partition coefficient (Wildman–Crippen LogP) is 3.52. The molecule has 2 aromatic heterocycles. The van der Waals surface area contributed by atoms with Gasteiger partial charge in [-0.15, -0.1) is 0 Å². The number of aryl methyl sites for hydroxylation is 1. The average Bonchev–Trinajstić information content (AvgIpc) is 2.77. The summed E-state index contributed by atoms with van der Waals surface area (Å²) in [5.41, 5.74) is 3.12. The number of anilines is 1.